The van der Waals surface area contributed by atoms with Crippen LogP contribution in [-0.4, -0.2) is 0 Å². The predicted molar refractivity (Wildman–Crippen MR) is 227 cm³/mol. The van der Waals surface area contributed by atoms with Gasteiger partial charge in [0, 0.05) is 28.1 Å². The van der Waals surface area contributed by atoms with Gasteiger partial charge < -0.3 is 9.64 Å². The van der Waals surface area contributed by atoms with E-state index in [9.17, 15) is 0 Å². The molecule has 1 spiro atoms. The van der Waals surface area contributed by atoms with Crippen molar-refractivity contribution in [3.8, 4) is 44.9 Å². The van der Waals surface area contributed by atoms with E-state index >= 15 is 0 Å². The van der Waals surface area contributed by atoms with Crippen molar-refractivity contribution < 1.29 is 4.74 Å². The first-order valence-electron chi connectivity index (χ1n) is 18.9. The van der Waals surface area contributed by atoms with Gasteiger partial charge in [-0.15, -0.1) is 0 Å². The summed E-state index contributed by atoms with van der Waals surface area (Å²) in [5.41, 5.74) is 14.8. The van der Waals surface area contributed by atoms with E-state index in [2.05, 4.69) is 217 Å². The van der Waals surface area contributed by atoms with E-state index in [4.69, 9.17) is 4.74 Å². The first-order chi connectivity index (χ1) is 27.3. The number of nitrogens with zero attached hydrogens (tertiary/aromatic N) is 1. The monoisotopic (exact) mass is 701 g/mol. The van der Waals surface area contributed by atoms with Crippen LogP contribution in [0.25, 0.3) is 44.2 Å². The lowest BCUT2D eigenvalue weighted by Crippen LogP contribution is -2.32. The molecule has 0 amide bonds. The van der Waals surface area contributed by atoms with Crippen molar-refractivity contribution in [1.29, 1.82) is 0 Å². The molecule has 9 aromatic rings. The Bertz CT molecular complexity index is 2870. The van der Waals surface area contributed by atoms with Gasteiger partial charge in [-0.2, -0.15) is 0 Å². The maximum absolute atomic E-state index is 6.71. The zero-order valence-electron chi connectivity index (χ0n) is 30.1. The molecule has 1 aliphatic heterocycles. The van der Waals surface area contributed by atoms with E-state index in [0.29, 0.717) is 0 Å². The molecule has 0 radical (unpaired) electrons. The highest BCUT2D eigenvalue weighted by molar-refractivity contribution is 6.05. The summed E-state index contributed by atoms with van der Waals surface area (Å²) < 4.78 is 6.71. The van der Waals surface area contributed by atoms with Gasteiger partial charge in [0.2, 0.25) is 0 Å². The minimum absolute atomic E-state index is 0.605. The van der Waals surface area contributed by atoms with Crippen LogP contribution in [0.15, 0.2) is 212 Å². The molecule has 1 heterocycles. The van der Waals surface area contributed by atoms with Crippen LogP contribution >= 0.6 is 0 Å². The second kappa shape index (κ2) is 12.5. The van der Waals surface area contributed by atoms with Crippen LogP contribution in [0, 0.1) is 0 Å². The Morgan fingerprint density at radius 2 is 0.982 bits per heavy atom. The highest BCUT2D eigenvalue weighted by Gasteiger charge is 2.51. The standard InChI is InChI=1S/C53H35NO/c1-3-16-36(17-4-1)39-21-15-22-40(34-39)54(49-27-12-9-23-42(49)37-18-5-2-6-19-37)41-31-32-44-48(35-41)53(47-33-30-38-20-7-8-24-43(38)52(44)47)45-25-10-13-28-50(45)55-51-29-14-11-26-46(51)53/h1-35H. The molecular formula is C53H35NO. The lowest BCUT2D eigenvalue weighted by Gasteiger charge is -2.39. The molecule has 0 atom stereocenters. The molecule has 1 aliphatic carbocycles. The molecule has 0 unspecified atom stereocenters. The van der Waals surface area contributed by atoms with Crippen LogP contribution in [0.2, 0.25) is 0 Å². The molecule has 258 valence electrons. The van der Waals surface area contributed by atoms with E-state index in [-0.39, 0.29) is 0 Å². The van der Waals surface area contributed by atoms with E-state index in [0.717, 1.165) is 39.7 Å². The maximum atomic E-state index is 6.71. The van der Waals surface area contributed by atoms with Crippen molar-refractivity contribution in [2.75, 3.05) is 4.90 Å². The third kappa shape index (κ3) is 4.75. The number of hydrogen-bond acceptors (Lipinski definition) is 2. The van der Waals surface area contributed by atoms with Gasteiger partial charge in [0.1, 0.15) is 11.5 Å². The minimum atomic E-state index is -0.605. The van der Waals surface area contributed by atoms with Gasteiger partial charge in [-0.3, -0.25) is 0 Å². The Morgan fingerprint density at radius 1 is 0.364 bits per heavy atom. The average Bonchev–Trinajstić information content (AvgIpc) is 3.55. The molecule has 2 aliphatic rings. The molecule has 0 saturated heterocycles. The summed E-state index contributed by atoms with van der Waals surface area (Å²) >= 11 is 0. The van der Waals surface area contributed by atoms with E-state index in [1.807, 2.05) is 0 Å². The zero-order valence-corrected chi connectivity index (χ0v) is 30.1. The predicted octanol–water partition coefficient (Wildman–Crippen LogP) is 14.1. The topological polar surface area (TPSA) is 12.5 Å². The quantitative estimate of drug-likeness (QED) is 0.177. The normalized spacial score (nSPS) is 13.0. The Labute approximate surface area is 321 Å². The fourth-order valence-corrected chi connectivity index (χ4v) is 9.21. The molecule has 0 fully saturated rings. The van der Waals surface area contributed by atoms with E-state index in [1.54, 1.807) is 0 Å². The number of anilines is 3. The molecule has 9 aromatic carbocycles. The number of ether oxygens (including phenoxy) is 1. The lowest BCUT2D eigenvalue weighted by atomic mass is 9.66. The molecule has 55 heavy (non-hydrogen) atoms. The smallest absolute Gasteiger partial charge is 0.132 e. The van der Waals surface area contributed by atoms with E-state index < -0.39 is 5.41 Å². The molecular weight excluding hydrogens is 667 g/mol. The first-order valence-corrected chi connectivity index (χ1v) is 18.9. The van der Waals surface area contributed by atoms with Crippen LogP contribution in [0.5, 0.6) is 11.5 Å². The molecule has 0 aromatic heterocycles. The summed E-state index contributed by atoms with van der Waals surface area (Å²) in [5.74, 6) is 1.78. The number of rotatable bonds is 5. The maximum Gasteiger partial charge on any atom is 0.132 e. The summed E-state index contributed by atoms with van der Waals surface area (Å²) in [6, 6.07) is 76.9. The van der Waals surface area contributed by atoms with Crippen molar-refractivity contribution in [2.24, 2.45) is 0 Å². The number of hydrogen-bond donors (Lipinski definition) is 0. The fraction of sp³-hybridized carbons (Fsp3) is 0.0189. The molecule has 0 N–H and O–H groups in total. The second-order valence-corrected chi connectivity index (χ2v) is 14.4. The summed E-state index contributed by atoms with van der Waals surface area (Å²) in [7, 11) is 0. The van der Waals surface area contributed by atoms with Crippen molar-refractivity contribution in [2.45, 2.75) is 5.41 Å². The average molecular weight is 702 g/mol. The van der Waals surface area contributed by atoms with Crippen LogP contribution < -0.4 is 9.64 Å². The summed E-state index contributed by atoms with van der Waals surface area (Å²) in [6.07, 6.45) is 0. The van der Waals surface area contributed by atoms with Gasteiger partial charge in [-0.25, -0.2) is 0 Å². The molecule has 2 nitrogen and oxygen atoms in total. The molecule has 0 bridgehead atoms. The molecule has 0 saturated carbocycles. The number of benzene rings is 9. The van der Waals surface area contributed by atoms with Crippen molar-refractivity contribution in [3.63, 3.8) is 0 Å². The largest absolute Gasteiger partial charge is 0.457 e. The highest BCUT2D eigenvalue weighted by Crippen LogP contribution is 2.63. The Balaban J connectivity index is 1.23. The Morgan fingerprint density at radius 3 is 1.76 bits per heavy atom. The zero-order chi connectivity index (χ0) is 36.3. The summed E-state index contributed by atoms with van der Waals surface area (Å²) in [4.78, 5) is 2.45. The first kappa shape index (κ1) is 31.4. The Hall–Kier alpha value is -7.16. The van der Waals surface area contributed by atoms with Crippen LogP contribution in [0.4, 0.5) is 17.1 Å². The lowest BCUT2D eigenvalue weighted by molar-refractivity contribution is 0.436. The van der Waals surface area contributed by atoms with Crippen molar-refractivity contribution >= 4 is 27.8 Å². The number of fused-ring (bicyclic) bond motifs is 11. The molecule has 11 rings (SSSR count). The van der Waals surface area contributed by atoms with Crippen LogP contribution in [0.3, 0.4) is 0 Å². The van der Waals surface area contributed by atoms with Gasteiger partial charge >= 0.3 is 0 Å². The SMILES string of the molecule is c1ccc(-c2cccc(N(c3ccc4c(c3)C3(c5ccccc5Oc5ccccc53)c3ccc5ccccc5c3-4)c3ccccc3-c3ccccc3)c2)cc1. The fourth-order valence-electron chi connectivity index (χ4n) is 9.21. The summed E-state index contributed by atoms with van der Waals surface area (Å²) in [6.45, 7) is 0. The third-order valence-electron chi connectivity index (χ3n) is 11.5. The Kier molecular flexibility index (Phi) is 7.11. The summed E-state index contributed by atoms with van der Waals surface area (Å²) in [5, 5.41) is 2.49. The van der Waals surface area contributed by atoms with Crippen LogP contribution in [0.1, 0.15) is 22.3 Å². The van der Waals surface area contributed by atoms with Crippen molar-refractivity contribution in [3.05, 3.63) is 235 Å². The van der Waals surface area contributed by atoms with Crippen molar-refractivity contribution in [1.82, 2.24) is 0 Å². The highest BCUT2D eigenvalue weighted by atomic mass is 16.5. The molecule has 2 heteroatoms. The van der Waals surface area contributed by atoms with Gasteiger partial charge in [-0.05, 0) is 92.2 Å². The third-order valence-corrected chi connectivity index (χ3v) is 11.5. The second-order valence-electron chi connectivity index (χ2n) is 14.4. The van der Waals surface area contributed by atoms with Gasteiger partial charge in [0.25, 0.3) is 0 Å². The van der Waals surface area contributed by atoms with E-state index in [1.165, 1.54) is 55.3 Å². The van der Waals surface area contributed by atoms with Gasteiger partial charge in [-0.1, -0.05) is 170 Å². The minimum Gasteiger partial charge on any atom is -0.457 e. The number of para-hydroxylation sites is 3. The van der Waals surface area contributed by atoms with Gasteiger partial charge in [0.05, 0.1) is 11.1 Å². The van der Waals surface area contributed by atoms with Crippen LogP contribution in [-0.2, 0) is 5.41 Å². The van der Waals surface area contributed by atoms with Gasteiger partial charge in [0.15, 0.2) is 0 Å².